The Balaban J connectivity index is 2.25. The van der Waals surface area contributed by atoms with Gasteiger partial charge in [0.2, 0.25) is 0 Å². The van der Waals surface area contributed by atoms with Crippen molar-refractivity contribution in [3.8, 4) is 0 Å². The quantitative estimate of drug-likeness (QED) is 0.739. The molecule has 4 heteroatoms. The van der Waals surface area contributed by atoms with Gasteiger partial charge in [0, 0.05) is 4.90 Å². The molecule has 72 valence electrons. The van der Waals surface area contributed by atoms with Gasteiger partial charge in [0.1, 0.15) is 0 Å². The molecule has 0 saturated carbocycles. The maximum Gasteiger partial charge on any atom is 0.0907 e. The average Bonchev–Trinajstić information content (AvgIpc) is 2.59. The zero-order valence-corrected chi connectivity index (χ0v) is 9.63. The molecular formula is C10H10N2S2. The van der Waals surface area contributed by atoms with Crippen LogP contribution >= 0.6 is 23.1 Å². The number of anilines is 1. The number of hydrogen-bond acceptors (Lipinski definition) is 4. The van der Waals surface area contributed by atoms with Crippen LogP contribution in [0.15, 0.2) is 17.0 Å². The summed E-state index contributed by atoms with van der Waals surface area (Å²) in [5, 5.41) is 5.07. The largest absolute Gasteiger partial charge is 0.372 e. The molecule has 0 amide bonds. The Morgan fingerprint density at radius 2 is 2.29 bits per heavy atom. The van der Waals surface area contributed by atoms with E-state index in [-0.39, 0.29) is 0 Å². The second-order valence-corrected chi connectivity index (χ2v) is 6.07. The van der Waals surface area contributed by atoms with Crippen molar-refractivity contribution in [2.75, 3.05) is 5.32 Å². The zero-order valence-electron chi connectivity index (χ0n) is 8.00. The number of nitrogens with one attached hydrogen (secondary N) is 1. The third-order valence-electron chi connectivity index (χ3n) is 2.26. The van der Waals surface area contributed by atoms with Crippen molar-refractivity contribution in [1.29, 1.82) is 0 Å². The molecule has 0 spiro atoms. The number of rotatable bonds is 0. The van der Waals surface area contributed by atoms with Crippen LogP contribution in [0, 0.1) is 6.92 Å². The summed E-state index contributed by atoms with van der Waals surface area (Å²) in [6.07, 6.45) is 0. The van der Waals surface area contributed by atoms with Gasteiger partial charge in [-0.15, -0.1) is 11.3 Å². The molecule has 0 aliphatic carbocycles. The van der Waals surface area contributed by atoms with Crippen molar-refractivity contribution in [2.45, 2.75) is 24.1 Å². The van der Waals surface area contributed by atoms with E-state index in [4.69, 9.17) is 0 Å². The molecule has 2 aromatic rings. The van der Waals surface area contributed by atoms with Gasteiger partial charge in [-0.2, -0.15) is 0 Å². The number of nitrogens with zero attached hydrogens (tertiary/aromatic N) is 1. The van der Waals surface area contributed by atoms with Gasteiger partial charge in [-0.1, -0.05) is 11.8 Å². The average molecular weight is 222 g/mol. The highest BCUT2D eigenvalue weighted by molar-refractivity contribution is 8.00. The highest BCUT2D eigenvalue weighted by Gasteiger charge is 2.18. The highest BCUT2D eigenvalue weighted by Crippen LogP contribution is 2.41. The van der Waals surface area contributed by atoms with E-state index < -0.39 is 0 Å². The molecule has 0 bridgehead atoms. The van der Waals surface area contributed by atoms with Crippen LogP contribution in [0.2, 0.25) is 0 Å². The SMILES string of the molecule is Cc1nc2cc3c(cc2s1)N[C@@H](C)S3. The normalized spacial score (nSPS) is 19.7. The number of aryl methyl sites for hydroxylation is 1. The second kappa shape index (κ2) is 2.87. The molecule has 1 aromatic heterocycles. The fraction of sp³-hybridized carbons (Fsp3) is 0.300. The van der Waals surface area contributed by atoms with E-state index >= 15 is 0 Å². The van der Waals surface area contributed by atoms with Crippen LogP contribution in [-0.2, 0) is 0 Å². The monoisotopic (exact) mass is 222 g/mol. The highest BCUT2D eigenvalue weighted by atomic mass is 32.2. The summed E-state index contributed by atoms with van der Waals surface area (Å²) in [4.78, 5) is 5.82. The summed E-state index contributed by atoms with van der Waals surface area (Å²) in [5.41, 5.74) is 2.40. The lowest BCUT2D eigenvalue weighted by atomic mass is 10.3. The first kappa shape index (κ1) is 8.56. The van der Waals surface area contributed by atoms with Gasteiger partial charge < -0.3 is 5.32 Å². The van der Waals surface area contributed by atoms with Gasteiger partial charge in [-0.05, 0) is 26.0 Å². The van der Waals surface area contributed by atoms with Crippen molar-refractivity contribution in [3.63, 3.8) is 0 Å². The van der Waals surface area contributed by atoms with E-state index in [1.165, 1.54) is 15.3 Å². The first-order valence-corrected chi connectivity index (χ1v) is 6.26. The third kappa shape index (κ3) is 1.21. The van der Waals surface area contributed by atoms with Gasteiger partial charge in [0.05, 0.1) is 26.3 Å². The maximum absolute atomic E-state index is 4.49. The first-order valence-electron chi connectivity index (χ1n) is 4.57. The summed E-state index contributed by atoms with van der Waals surface area (Å²) in [6.45, 7) is 4.23. The van der Waals surface area contributed by atoms with E-state index in [9.17, 15) is 0 Å². The number of thiazole rings is 1. The standard InChI is InChI=1S/C10H10N2S2/c1-5-11-7-3-10-8(4-9(7)13-5)12-6(2)14-10/h3-5,11H,1-2H3/t5-/m1/s1. The smallest absolute Gasteiger partial charge is 0.0907 e. The number of aromatic nitrogens is 1. The minimum absolute atomic E-state index is 0.489. The summed E-state index contributed by atoms with van der Waals surface area (Å²) in [7, 11) is 0. The molecule has 2 heterocycles. The molecular weight excluding hydrogens is 212 g/mol. The Labute approximate surface area is 90.7 Å². The summed E-state index contributed by atoms with van der Waals surface area (Å²) >= 11 is 3.63. The molecule has 0 unspecified atom stereocenters. The van der Waals surface area contributed by atoms with Crippen LogP contribution in [0.5, 0.6) is 0 Å². The lowest BCUT2D eigenvalue weighted by Crippen LogP contribution is -2.02. The molecule has 1 aliphatic rings. The summed E-state index contributed by atoms with van der Waals surface area (Å²) < 4.78 is 1.28. The molecule has 0 saturated heterocycles. The van der Waals surface area contributed by atoms with Gasteiger partial charge in [0.25, 0.3) is 0 Å². The van der Waals surface area contributed by atoms with Crippen LogP contribution in [0.1, 0.15) is 11.9 Å². The molecule has 1 aliphatic heterocycles. The van der Waals surface area contributed by atoms with Crippen LogP contribution in [0.3, 0.4) is 0 Å². The number of benzene rings is 1. The fourth-order valence-corrected chi connectivity index (χ4v) is 3.56. The predicted molar refractivity (Wildman–Crippen MR) is 63.3 cm³/mol. The fourth-order valence-electron chi connectivity index (χ4n) is 1.72. The molecule has 3 rings (SSSR count). The van der Waals surface area contributed by atoms with Crippen molar-refractivity contribution in [3.05, 3.63) is 17.1 Å². The Kier molecular flexibility index (Phi) is 1.76. The Morgan fingerprint density at radius 1 is 1.43 bits per heavy atom. The lowest BCUT2D eigenvalue weighted by molar-refractivity contribution is 1.15. The number of hydrogen-bond donors (Lipinski definition) is 1. The lowest BCUT2D eigenvalue weighted by Gasteiger charge is -1.99. The zero-order chi connectivity index (χ0) is 9.71. The Morgan fingerprint density at radius 3 is 3.14 bits per heavy atom. The van der Waals surface area contributed by atoms with Crippen LogP contribution in [0.25, 0.3) is 10.2 Å². The minimum Gasteiger partial charge on any atom is -0.372 e. The molecule has 1 N–H and O–H groups in total. The molecule has 0 fully saturated rings. The van der Waals surface area contributed by atoms with Crippen molar-refractivity contribution >= 4 is 39.0 Å². The second-order valence-electron chi connectivity index (χ2n) is 3.45. The molecule has 14 heavy (non-hydrogen) atoms. The minimum atomic E-state index is 0.489. The third-order valence-corrected chi connectivity index (χ3v) is 4.26. The molecule has 1 atom stereocenters. The Bertz CT molecular complexity index is 461. The molecule has 0 radical (unpaired) electrons. The maximum atomic E-state index is 4.49. The first-order chi connectivity index (χ1) is 6.72. The van der Waals surface area contributed by atoms with Crippen LogP contribution in [-0.4, -0.2) is 10.4 Å². The van der Waals surface area contributed by atoms with Gasteiger partial charge in [-0.25, -0.2) is 4.98 Å². The number of fused-ring (bicyclic) bond motifs is 2. The van der Waals surface area contributed by atoms with E-state index in [0.717, 1.165) is 10.5 Å². The van der Waals surface area contributed by atoms with Crippen molar-refractivity contribution in [1.82, 2.24) is 4.98 Å². The van der Waals surface area contributed by atoms with Crippen LogP contribution < -0.4 is 5.32 Å². The van der Waals surface area contributed by atoms with E-state index in [2.05, 4.69) is 36.3 Å². The van der Waals surface area contributed by atoms with Gasteiger partial charge >= 0.3 is 0 Å². The van der Waals surface area contributed by atoms with Gasteiger partial charge in [-0.3, -0.25) is 0 Å². The van der Waals surface area contributed by atoms with Gasteiger partial charge in [0.15, 0.2) is 0 Å². The number of thioether (sulfide) groups is 1. The molecule has 1 aromatic carbocycles. The molecule has 2 nitrogen and oxygen atoms in total. The van der Waals surface area contributed by atoms with Crippen molar-refractivity contribution < 1.29 is 0 Å². The topological polar surface area (TPSA) is 24.9 Å². The Hall–Kier alpha value is -0.740. The van der Waals surface area contributed by atoms with E-state index in [0.29, 0.717) is 5.37 Å². The van der Waals surface area contributed by atoms with E-state index in [1.807, 2.05) is 11.8 Å². The summed E-state index contributed by atoms with van der Waals surface area (Å²) in [5.74, 6) is 0. The van der Waals surface area contributed by atoms with E-state index in [1.54, 1.807) is 11.3 Å². The van der Waals surface area contributed by atoms with Crippen molar-refractivity contribution in [2.24, 2.45) is 0 Å². The predicted octanol–water partition coefficient (Wildman–Crippen LogP) is 3.47. The van der Waals surface area contributed by atoms with Crippen LogP contribution in [0.4, 0.5) is 5.69 Å². The summed E-state index contributed by atoms with van der Waals surface area (Å²) in [6, 6.07) is 4.40.